The first-order valence-corrected chi connectivity index (χ1v) is 4.47. The second-order valence-corrected chi connectivity index (χ2v) is 3.86. The SMILES string of the molecule is [CH2-]N1CCNC(CC(C)C)C1. The number of nitrogens with zero attached hydrogens (tertiary/aromatic N) is 1. The van der Waals surface area contributed by atoms with Crippen molar-refractivity contribution in [3.63, 3.8) is 0 Å². The Labute approximate surface area is 70.0 Å². The molecule has 0 saturated carbocycles. The zero-order valence-electron chi connectivity index (χ0n) is 7.64. The minimum atomic E-state index is 0.668. The Bertz CT molecular complexity index is 110. The van der Waals surface area contributed by atoms with Gasteiger partial charge in [-0.15, -0.1) is 0 Å². The topological polar surface area (TPSA) is 15.3 Å². The average Bonchev–Trinajstić information content (AvgIpc) is 1.85. The molecule has 0 aliphatic carbocycles. The maximum atomic E-state index is 3.95. The van der Waals surface area contributed by atoms with Crippen LogP contribution in [0.5, 0.6) is 0 Å². The van der Waals surface area contributed by atoms with E-state index in [0.717, 1.165) is 25.6 Å². The van der Waals surface area contributed by atoms with E-state index in [1.807, 2.05) is 0 Å². The van der Waals surface area contributed by atoms with Crippen LogP contribution in [0, 0.1) is 13.0 Å². The molecule has 1 heterocycles. The first-order valence-electron chi connectivity index (χ1n) is 4.47. The minimum Gasteiger partial charge on any atom is -0.457 e. The molecular formula is C9H19N2-. The van der Waals surface area contributed by atoms with Crippen LogP contribution in [-0.2, 0) is 0 Å². The largest absolute Gasteiger partial charge is 0.457 e. The van der Waals surface area contributed by atoms with Gasteiger partial charge in [0.1, 0.15) is 0 Å². The van der Waals surface area contributed by atoms with Crippen LogP contribution in [0.4, 0.5) is 0 Å². The van der Waals surface area contributed by atoms with Crippen molar-refractivity contribution in [2.45, 2.75) is 26.3 Å². The highest BCUT2D eigenvalue weighted by atomic mass is 15.2. The Morgan fingerprint density at radius 1 is 1.64 bits per heavy atom. The van der Waals surface area contributed by atoms with Gasteiger partial charge in [0, 0.05) is 12.6 Å². The Morgan fingerprint density at radius 2 is 2.36 bits per heavy atom. The van der Waals surface area contributed by atoms with Crippen LogP contribution >= 0.6 is 0 Å². The van der Waals surface area contributed by atoms with Gasteiger partial charge >= 0.3 is 0 Å². The van der Waals surface area contributed by atoms with Gasteiger partial charge in [-0.2, -0.15) is 0 Å². The van der Waals surface area contributed by atoms with Gasteiger partial charge < -0.3 is 10.2 Å². The van der Waals surface area contributed by atoms with Crippen molar-refractivity contribution in [1.82, 2.24) is 10.2 Å². The molecule has 0 aromatic heterocycles. The number of nitrogens with one attached hydrogen (secondary N) is 1. The molecule has 2 nitrogen and oxygen atoms in total. The third-order valence-corrected chi connectivity index (χ3v) is 2.10. The number of rotatable bonds is 2. The third kappa shape index (κ3) is 3.21. The molecule has 11 heavy (non-hydrogen) atoms. The third-order valence-electron chi connectivity index (χ3n) is 2.10. The molecule has 1 N–H and O–H groups in total. The zero-order chi connectivity index (χ0) is 8.27. The lowest BCUT2D eigenvalue weighted by Gasteiger charge is -2.37. The zero-order valence-corrected chi connectivity index (χ0v) is 7.64. The van der Waals surface area contributed by atoms with E-state index in [4.69, 9.17) is 0 Å². The fourth-order valence-corrected chi connectivity index (χ4v) is 1.62. The molecule has 1 fully saturated rings. The average molecular weight is 155 g/mol. The molecule has 1 saturated heterocycles. The summed E-state index contributed by atoms with van der Waals surface area (Å²) in [6, 6.07) is 0.668. The summed E-state index contributed by atoms with van der Waals surface area (Å²) < 4.78 is 0. The normalized spacial score (nSPS) is 27.8. The highest BCUT2D eigenvalue weighted by Gasteiger charge is 2.13. The number of piperazine rings is 1. The summed E-state index contributed by atoms with van der Waals surface area (Å²) in [6.45, 7) is 7.83. The van der Waals surface area contributed by atoms with E-state index in [9.17, 15) is 0 Å². The molecule has 1 aliphatic heterocycles. The fraction of sp³-hybridized carbons (Fsp3) is 0.889. The Morgan fingerprint density at radius 3 is 2.91 bits per heavy atom. The predicted octanol–water partition coefficient (Wildman–Crippen LogP) is 1.10. The summed E-state index contributed by atoms with van der Waals surface area (Å²) in [5, 5.41) is 3.50. The molecule has 0 aromatic carbocycles. The molecule has 0 amide bonds. The first kappa shape index (κ1) is 9.01. The molecule has 2 heteroatoms. The molecule has 0 spiro atoms. The summed E-state index contributed by atoms with van der Waals surface area (Å²) in [5.74, 6) is 0.791. The van der Waals surface area contributed by atoms with E-state index < -0.39 is 0 Å². The van der Waals surface area contributed by atoms with Crippen molar-refractivity contribution >= 4 is 0 Å². The van der Waals surface area contributed by atoms with E-state index in [1.54, 1.807) is 0 Å². The molecule has 1 atom stereocenters. The highest BCUT2D eigenvalue weighted by Crippen LogP contribution is 2.08. The molecule has 1 aliphatic rings. The second kappa shape index (κ2) is 4.07. The summed E-state index contributed by atoms with van der Waals surface area (Å²) >= 11 is 0. The predicted molar refractivity (Wildman–Crippen MR) is 48.2 cm³/mol. The molecule has 0 bridgehead atoms. The maximum Gasteiger partial charge on any atom is 0.0173 e. The van der Waals surface area contributed by atoms with Gasteiger partial charge in [0.25, 0.3) is 0 Å². The van der Waals surface area contributed by atoms with Crippen LogP contribution in [0.2, 0.25) is 0 Å². The fourth-order valence-electron chi connectivity index (χ4n) is 1.62. The Balaban J connectivity index is 2.23. The maximum absolute atomic E-state index is 3.95. The van der Waals surface area contributed by atoms with Crippen molar-refractivity contribution in [2.24, 2.45) is 5.92 Å². The molecule has 66 valence electrons. The van der Waals surface area contributed by atoms with Gasteiger partial charge in [-0.3, -0.25) is 7.05 Å². The van der Waals surface area contributed by atoms with Crippen molar-refractivity contribution in [3.05, 3.63) is 7.05 Å². The number of hydrogen-bond donors (Lipinski definition) is 1. The van der Waals surface area contributed by atoms with Crippen LogP contribution in [-0.4, -0.2) is 30.6 Å². The Hall–Kier alpha value is -0.0800. The lowest BCUT2D eigenvalue weighted by Crippen LogP contribution is -2.48. The molecule has 0 radical (unpaired) electrons. The van der Waals surface area contributed by atoms with Gasteiger partial charge in [0.2, 0.25) is 0 Å². The van der Waals surface area contributed by atoms with Gasteiger partial charge in [0.15, 0.2) is 0 Å². The summed E-state index contributed by atoms with van der Waals surface area (Å²) in [7, 11) is 3.95. The first-order chi connectivity index (χ1) is 5.18. The lowest BCUT2D eigenvalue weighted by molar-refractivity contribution is 0.240. The van der Waals surface area contributed by atoms with Crippen LogP contribution in [0.15, 0.2) is 0 Å². The van der Waals surface area contributed by atoms with E-state index in [1.165, 1.54) is 6.42 Å². The van der Waals surface area contributed by atoms with Crippen molar-refractivity contribution < 1.29 is 0 Å². The summed E-state index contributed by atoms with van der Waals surface area (Å²) in [5.41, 5.74) is 0. The quantitative estimate of drug-likeness (QED) is 0.601. The standard InChI is InChI=1S/C9H19N2/c1-8(2)6-9-7-11(3)5-4-10-9/h8-10H,3-7H2,1-2H3/q-1. The van der Waals surface area contributed by atoms with Crippen LogP contribution in [0.3, 0.4) is 0 Å². The molecule has 1 rings (SSSR count). The van der Waals surface area contributed by atoms with Gasteiger partial charge in [-0.25, -0.2) is 0 Å². The van der Waals surface area contributed by atoms with Crippen LogP contribution < -0.4 is 5.32 Å². The molecule has 0 aromatic rings. The van der Waals surface area contributed by atoms with Gasteiger partial charge in [0.05, 0.1) is 0 Å². The van der Waals surface area contributed by atoms with E-state index in [2.05, 4.69) is 31.1 Å². The lowest BCUT2D eigenvalue weighted by atomic mass is 10.0. The monoisotopic (exact) mass is 155 g/mol. The molecule has 1 unspecified atom stereocenters. The van der Waals surface area contributed by atoms with Crippen molar-refractivity contribution in [3.8, 4) is 0 Å². The van der Waals surface area contributed by atoms with Crippen molar-refractivity contribution in [2.75, 3.05) is 19.6 Å². The number of hydrogen-bond acceptors (Lipinski definition) is 2. The van der Waals surface area contributed by atoms with Gasteiger partial charge in [-0.1, -0.05) is 13.8 Å². The summed E-state index contributed by atoms with van der Waals surface area (Å²) in [4.78, 5) is 2.16. The van der Waals surface area contributed by atoms with Crippen molar-refractivity contribution in [1.29, 1.82) is 0 Å². The van der Waals surface area contributed by atoms with E-state index >= 15 is 0 Å². The Kier molecular flexibility index (Phi) is 3.34. The van der Waals surface area contributed by atoms with E-state index in [0.29, 0.717) is 6.04 Å². The van der Waals surface area contributed by atoms with Crippen LogP contribution in [0.1, 0.15) is 20.3 Å². The second-order valence-electron chi connectivity index (χ2n) is 3.86. The summed E-state index contributed by atoms with van der Waals surface area (Å²) in [6.07, 6.45) is 1.27. The smallest absolute Gasteiger partial charge is 0.0173 e. The molecular weight excluding hydrogens is 136 g/mol. The van der Waals surface area contributed by atoms with E-state index in [-0.39, 0.29) is 0 Å². The van der Waals surface area contributed by atoms with Gasteiger partial charge in [-0.05, 0) is 25.4 Å². The minimum absolute atomic E-state index is 0.668. The van der Waals surface area contributed by atoms with Crippen LogP contribution in [0.25, 0.3) is 0 Å². The highest BCUT2D eigenvalue weighted by molar-refractivity contribution is 4.78.